The second kappa shape index (κ2) is 5.40. The van der Waals surface area contributed by atoms with Gasteiger partial charge in [0.1, 0.15) is 11.8 Å². The number of carbonyl (C=O) groups is 1. The lowest BCUT2D eigenvalue weighted by Crippen LogP contribution is -2.30. The molecule has 20 heavy (non-hydrogen) atoms. The fraction of sp³-hybridized carbons (Fsp3) is 0.467. The second-order valence-corrected chi connectivity index (χ2v) is 5.75. The van der Waals surface area contributed by atoms with Crippen LogP contribution < -0.4 is 15.0 Å². The van der Waals surface area contributed by atoms with Gasteiger partial charge in [0.25, 0.3) is 5.91 Å². The average molecular weight is 290 g/mol. The summed E-state index contributed by atoms with van der Waals surface area (Å²) in [6.07, 6.45) is 5.12. The molecular formula is C15H18N2O2S. The Bertz CT molecular complexity index is 523. The highest BCUT2D eigenvalue weighted by atomic mass is 32.1. The molecule has 1 saturated carbocycles. The van der Waals surface area contributed by atoms with E-state index in [1.54, 1.807) is 4.90 Å². The number of hydrogen-bond donors (Lipinski definition) is 1. The van der Waals surface area contributed by atoms with Gasteiger partial charge in [-0.2, -0.15) is 0 Å². The summed E-state index contributed by atoms with van der Waals surface area (Å²) in [4.78, 5) is 13.6. The summed E-state index contributed by atoms with van der Waals surface area (Å²) in [5.74, 6) is 0.846. The molecule has 4 nitrogen and oxygen atoms in total. The summed E-state index contributed by atoms with van der Waals surface area (Å²) in [5.41, 5.74) is 0.788. The van der Waals surface area contributed by atoms with Gasteiger partial charge in [0.2, 0.25) is 0 Å². The highest BCUT2D eigenvalue weighted by Crippen LogP contribution is 2.27. The first kappa shape index (κ1) is 13.4. The number of anilines is 1. The van der Waals surface area contributed by atoms with Crippen LogP contribution in [0.25, 0.3) is 0 Å². The third-order valence-electron chi connectivity index (χ3n) is 3.83. The number of hydrogen-bond acceptors (Lipinski definition) is 3. The highest BCUT2D eigenvalue weighted by Gasteiger charge is 2.33. The molecule has 1 amide bonds. The summed E-state index contributed by atoms with van der Waals surface area (Å²) in [5, 5.41) is 3.43. The molecular weight excluding hydrogens is 272 g/mol. The standard InChI is InChI=1S/C15H18N2O2S/c1-10-14(18)17(15(20)16-10)11-6-8-13(9-7-11)19-12-4-2-3-5-12/h6-10,12H,2-5H2,1H3,(H,16,20). The monoisotopic (exact) mass is 290 g/mol. The Hall–Kier alpha value is -1.62. The van der Waals surface area contributed by atoms with Crippen LogP contribution in [0.15, 0.2) is 24.3 Å². The van der Waals surface area contributed by atoms with Crippen LogP contribution in [-0.2, 0) is 4.79 Å². The Morgan fingerprint density at radius 2 is 1.90 bits per heavy atom. The lowest BCUT2D eigenvalue weighted by Gasteiger charge is -2.17. The summed E-state index contributed by atoms with van der Waals surface area (Å²) < 4.78 is 5.92. The Morgan fingerprint density at radius 3 is 2.45 bits per heavy atom. The minimum absolute atomic E-state index is 0.0144. The maximum Gasteiger partial charge on any atom is 0.255 e. The van der Waals surface area contributed by atoms with E-state index >= 15 is 0 Å². The quantitative estimate of drug-likeness (QED) is 0.869. The van der Waals surface area contributed by atoms with E-state index in [0.717, 1.165) is 24.3 Å². The molecule has 1 aliphatic heterocycles. The number of benzene rings is 1. The molecule has 1 atom stereocenters. The van der Waals surface area contributed by atoms with Crippen LogP contribution in [-0.4, -0.2) is 23.2 Å². The van der Waals surface area contributed by atoms with Gasteiger partial charge < -0.3 is 10.1 Å². The third-order valence-corrected chi connectivity index (χ3v) is 4.13. The van der Waals surface area contributed by atoms with Crippen LogP contribution in [0.2, 0.25) is 0 Å². The maximum atomic E-state index is 12.0. The fourth-order valence-corrected chi connectivity index (χ4v) is 3.09. The van der Waals surface area contributed by atoms with Gasteiger partial charge in [0, 0.05) is 0 Å². The number of amides is 1. The van der Waals surface area contributed by atoms with E-state index in [4.69, 9.17) is 17.0 Å². The predicted molar refractivity (Wildman–Crippen MR) is 82.0 cm³/mol. The molecule has 3 rings (SSSR count). The number of carbonyl (C=O) groups excluding carboxylic acids is 1. The molecule has 0 spiro atoms. The SMILES string of the molecule is CC1NC(=S)N(c2ccc(OC3CCCC3)cc2)C1=O. The zero-order valence-corrected chi connectivity index (χ0v) is 12.3. The van der Waals surface area contributed by atoms with Gasteiger partial charge in [-0.25, -0.2) is 0 Å². The fourth-order valence-electron chi connectivity index (χ4n) is 2.72. The number of ether oxygens (including phenoxy) is 1. The zero-order chi connectivity index (χ0) is 14.1. The Labute approximate surface area is 124 Å². The van der Waals surface area contributed by atoms with E-state index in [1.807, 2.05) is 31.2 Å². The van der Waals surface area contributed by atoms with Gasteiger partial charge in [-0.3, -0.25) is 9.69 Å². The van der Waals surface area contributed by atoms with Gasteiger partial charge in [0.05, 0.1) is 11.8 Å². The zero-order valence-electron chi connectivity index (χ0n) is 11.5. The van der Waals surface area contributed by atoms with E-state index in [1.165, 1.54) is 12.8 Å². The number of thiocarbonyl (C=S) groups is 1. The smallest absolute Gasteiger partial charge is 0.255 e. The van der Waals surface area contributed by atoms with Gasteiger partial charge >= 0.3 is 0 Å². The summed E-state index contributed by atoms with van der Waals surface area (Å²) in [6.45, 7) is 1.81. The molecule has 0 bridgehead atoms. The van der Waals surface area contributed by atoms with Crippen molar-refractivity contribution in [1.29, 1.82) is 0 Å². The third kappa shape index (κ3) is 2.50. The van der Waals surface area contributed by atoms with Crippen molar-refractivity contribution in [3.63, 3.8) is 0 Å². The van der Waals surface area contributed by atoms with Gasteiger partial charge in [-0.05, 0) is 69.1 Å². The van der Waals surface area contributed by atoms with Gasteiger partial charge in [-0.1, -0.05) is 0 Å². The Kier molecular flexibility index (Phi) is 3.61. The highest BCUT2D eigenvalue weighted by molar-refractivity contribution is 7.80. The average Bonchev–Trinajstić information content (AvgIpc) is 3.01. The molecule has 2 fully saturated rings. The topological polar surface area (TPSA) is 41.6 Å². The molecule has 0 radical (unpaired) electrons. The van der Waals surface area contributed by atoms with Crippen molar-refractivity contribution in [2.45, 2.75) is 44.8 Å². The molecule has 2 aliphatic rings. The minimum Gasteiger partial charge on any atom is -0.490 e. The predicted octanol–water partition coefficient (Wildman–Crippen LogP) is 2.62. The molecule has 1 aromatic rings. The Balaban J connectivity index is 1.72. The van der Waals surface area contributed by atoms with E-state index in [-0.39, 0.29) is 11.9 Å². The van der Waals surface area contributed by atoms with Crippen LogP contribution in [0.5, 0.6) is 5.75 Å². The van der Waals surface area contributed by atoms with Crippen LogP contribution >= 0.6 is 12.2 Å². The van der Waals surface area contributed by atoms with Gasteiger partial charge in [-0.15, -0.1) is 0 Å². The summed E-state index contributed by atoms with van der Waals surface area (Å²) >= 11 is 5.19. The molecule has 5 heteroatoms. The van der Waals surface area contributed by atoms with Crippen molar-refractivity contribution in [3.8, 4) is 5.75 Å². The first-order valence-electron chi connectivity index (χ1n) is 7.06. The molecule has 1 heterocycles. The van der Waals surface area contributed by atoms with E-state index in [0.29, 0.717) is 11.2 Å². The molecule has 1 aliphatic carbocycles. The lowest BCUT2D eigenvalue weighted by atomic mass is 10.2. The molecule has 1 N–H and O–H groups in total. The number of nitrogens with zero attached hydrogens (tertiary/aromatic N) is 1. The van der Waals surface area contributed by atoms with Crippen LogP contribution in [0.1, 0.15) is 32.6 Å². The molecule has 1 unspecified atom stereocenters. The van der Waals surface area contributed by atoms with Crippen LogP contribution in [0.4, 0.5) is 5.69 Å². The second-order valence-electron chi connectivity index (χ2n) is 5.36. The van der Waals surface area contributed by atoms with Crippen molar-refractivity contribution in [1.82, 2.24) is 5.32 Å². The van der Waals surface area contributed by atoms with Gasteiger partial charge in [0.15, 0.2) is 5.11 Å². The van der Waals surface area contributed by atoms with Crippen LogP contribution in [0.3, 0.4) is 0 Å². The normalized spacial score (nSPS) is 23.2. The van der Waals surface area contributed by atoms with E-state index in [2.05, 4.69) is 5.32 Å². The van der Waals surface area contributed by atoms with E-state index < -0.39 is 0 Å². The number of rotatable bonds is 3. The minimum atomic E-state index is -0.253. The van der Waals surface area contributed by atoms with Crippen molar-refractivity contribution in [3.05, 3.63) is 24.3 Å². The Morgan fingerprint density at radius 1 is 1.25 bits per heavy atom. The molecule has 1 aromatic carbocycles. The molecule has 1 saturated heterocycles. The molecule has 0 aromatic heterocycles. The van der Waals surface area contributed by atoms with Crippen molar-refractivity contribution in [2.75, 3.05) is 4.90 Å². The molecule has 106 valence electrons. The lowest BCUT2D eigenvalue weighted by molar-refractivity contribution is -0.117. The van der Waals surface area contributed by atoms with Crippen molar-refractivity contribution < 1.29 is 9.53 Å². The number of nitrogens with one attached hydrogen (secondary N) is 1. The van der Waals surface area contributed by atoms with Crippen molar-refractivity contribution in [2.24, 2.45) is 0 Å². The van der Waals surface area contributed by atoms with Crippen LogP contribution in [0, 0.1) is 0 Å². The maximum absolute atomic E-state index is 12.0. The van der Waals surface area contributed by atoms with E-state index in [9.17, 15) is 4.79 Å². The summed E-state index contributed by atoms with van der Waals surface area (Å²) in [6, 6.07) is 7.33. The summed E-state index contributed by atoms with van der Waals surface area (Å²) in [7, 11) is 0. The first-order chi connectivity index (χ1) is 9.65. The van der Waals surface area contributed by atoms with Crippen molar-refractivity contribution >= 4 is 28.9 Å². The first-order valence-corrected chi connectivity index (χ1v) is 7.47. The largest absolute Gasteiger partial charge is 0.490 e.